The normalized spacial score (nSPS) is 27.0. The van der Waals surface area contributed by atoms with E-state index in [4.69, 9.17) is 5.73 Å². The van der Waals surface area contributed by atoms with Crippen LogP contribution in [0.4, 0.5) is 0 Å². The summed E-state index contributed by atoms with van der Waals surface area (Å²) in [4.78, 5) is 0. The molecule has 1 aliphatic carbocycles. The fourth-order valence-corrected chi connectivity index (χ4v) is 1.76. The van der Waals surface area contributed by atoms with Gasteiger partial charge in [-0.25, -0.2) is 0 Å². The Labute approximate surface area is 57.6 Å². The van der Waals surface area contributed by atoms with Crippen LogP contribution in [0.15, 0.2) is 0 Å². The van der Waals surface area contributed by atoms with E-state index in [1.165, 1.54) is 25.7 Å². The second-order valence-electron chi connectivity index (χ2n) is 3.36. The summed E-state index contributed by atoms with van der Waals surface area (Å²) in [6, 6.07) is 0.413. The maximum Gasteiger partial charge on any atom is 0.00669 e. The lowest BCUT2D eigenvalue weighted by Crippen LogP contribution is -2.44. The Kier molecular flexibility index (Phi) is 1.80. The van der Waals surface area contributed by atoms with Gasteiger partial charge in [-0.3, -0.25) is 0 Å². The summed E-state index contributed by atoms with van der Waals surface area (Å²) in [5.41, 5.74) is 6.38. The van der Waals surface area contributed by atoms with Gasteiger partial charge in [0.1, 0.15) is 0 Å². The molecule has 0 aliphatic heterocycles. The van der Waals surface area contributed by atoms with Gasteiger partial charge in [-0.1, -0.05) is 13.3 Å². The quantitative estimate of drug-likeness (QED) is 0.602. The molecule has 1 saturated carbocycles. The third kappa shape index (κ3) is 0.983. The van der Waals surface area contributed by atoms with Crippen molar-refractivity contribution in [3.63, 3.8) is 0 Å². The van der Waals surface area contributed by atoms with Gasteiger partial charge in [0.15, 0.2) is 0 Å². The Balaban J connectivity index is 2.46. The van der Waals surface area contributed by atoms with E-state index >= 15 is 0 Å². The smallest absolute Gasteiger partial charge is 0.00669 e. The Morgan fingerprint density at radius 3 is 2.11 bits per heavy atom. The molecule has 0 saturated heterocycles. The highest BCUT2D eigenvalue weighted by atomic mass is 14.7. The fourth-order valence-electron chi connectivity index (χ4n) is 1.76. The Bertz CT molecular complexity index is 87.2. The lowest BCUT2D eigenvalue weighted by atomic mass is 9.63. The SMILES string of the molecule is CCC1([C@@H](C)N)CCC1. The molecule has 0 spiro atoms. The second-order valence-corrected chi connectivity index (χ2v) is 3.36. The number of hydrogen-bond acceptors (Lipinski definition) is 1. The van der Waals surface area contributed by atoms with Crippen molar-refractivity contribution in [2.75, 3.05) is 0 Å². The van der Waals surface area contributed by atoms with Crippen molar-refractivity contribution in [3.05, 3.63) is 0 Å². The molecule has 1 fully saturated rings. The molecule has 1 nitrogen and oxygen atoms in total. The van der Waals surface area contributed by atoms with Crippen molar-refractivity contribution in [1.82, 2.24) is 0 Å². The van der Waals surface area contributed by atoms with Crippen molar-refractivity contribution >= 4 is 0 Å². The third-order valence-electron chi connectivity index (χ3n) is 3.02. The lowest BCUT2D eigenvalue weighted by molar-refractivity contribution is 0.0964. The van der Waals surface area contributed by atoms with Crippen LogP contribution in [-0.2, 0) is 0 Å². The first-order chi connectivity index (χ1) is 4.21. The predicted octanol–water partition coefficient (Wildman–Crippen LogP) is 1.91. The molecular weight excluding hydrogens is 110 g/mol. The summed E-state index contributed by atoms with van der Waals surface area (Å²) in [5.74, 6) is 0. The van der Waals surface area contributed by atoms with Gasteiger partial charge in [-0.15, -0.1) is 0 Å². The summed E-state index contributed by atoms with van der Waals surface area (Å²) >= 11 is 0. The van der Waals surface area contributed by atoms with Crippen LogP contribution < -0.4 is 5.73 Å². The number of rotatable bonds is 2. The minimum atomic E-state index is 0.413. The third-order valence-corrected chi connectivity index (χ3v) is 3.02. The molecule has 54 valence electrons. The van der Waals surface area contributed by atoms with E-state index in [9.17, 15) is 0 Å². The van der Waals surface area contributed by atoms with E-state index in [-0.39, 0.29) is 0 Å². The van der Waals surface area contributed by atoms with Gasteiger partial charge < -0.3 is 5.73 Å². The largest absolute Gasteiger partial charge is 0.327 e. The van der Waals surface area contributed by atoms with E-state index in [0.717, 1.165) is 0 Å². The maximum atomic E-state index is 5.84. The summed E-state index contributed by atoms with van der Waals surface area (Å²) in [6.07, 6.45) is 5.39. The highest BCUT2D eigenvalue weighted by Crippen LogP contribution is 2.45. The monoisotopic (exact) mass is 127 g/mol. The Hall–Kier alpha value is -0.0400. The molecule has 0 bridgehead atoms. The first-order valence-corrected chi connectivity index (χ1v) is 3.97. The van der Waals surface area contributed by atoms with Gasteiger partial charge >= 0.3 is 0 Å². The minimum Gasteiger partial charge on any atom is -0.327 e. The zero-order chi connectivity index (χ0) is 6.91. The van der Waals surface area contributed by atoms with Crippen LogP contribution in [0.25, 0.3) is 0 Å². The minimum absolute atomic E-state index is 0.413. The van der Waals surface area contributed by atoms with Gasteiger partial charge in [0.25, 0.3) is 0 Å². The van der Waals surface area contributed by atoms with Crippen molar-refractivity contribution in [3.8, 4) is 0 Å². The van der Waals surface area contributed by atoms with Crippen LogP contribution in [0.5, 0.6) is 0 Å². The van der Waals surface area contributed by atoms with E-state index in [1.54, 1.807) is 0 Å². The molecule has 1 aliphatic rings. The molecule has 0 aromatic heterocycles. The van der Waals surface area contributed by atoms with E-state index in [1.807, 2.05) is 0 Å². The summed E-state index contributed by atoms with van der Waals surface area (Å²) in [6.45, 7) is 4.39. The standard InChI is InChI=1S/C8H17N/c1-3-8(7(2)9)5-4-6-8/h7H,3-6,9H2,1-2H3/t7-/m1/s1. The maximum absolute atomic E-state index is 5.84. The highest BCUT2D eigenvalue weighted by molar-refractivity contribution is 4.92. The molecule has 2 N–H and O–H groups in total. The van der Waals surface area contributed by atoms with Crippen LogP contribution in [0, 0.1) is 5.41 Å². The molecule has 0 aromatic carbocycles. The number of hydrogen-bond donors (Lipinski definition) is 1. The Morgan fingerprint density at radius 1 is 1.56 bits per heavy atom. The van der Waals surface area contributed by atoms with Gasteiger partial charge in [-0.2, -0.15) is 0 Å². The molecular formula is C8H17N. The van der Waals surface area contributed by atoms with Gasteiger partial charge in [0.2, 0.25) is 0 Å². The molecule has 0 aromatic rings. The summed E-state index contributed by atoms with van der Waals surface area (Å²) in [5, 5.41) is 0. The van der Waals surface area contributed by atoms with E-state index in [0.29, 0.717) is 11.5 Å². The van der Waals surface area contributed by atoms with Crippen LogP contribution in [-0.4, -0.2) is 6.04 Å². The van der Waals surface area contributed by atoms with Crippen molar-refractivity contribution in [2.24, 2.45) is 11.1 Å². The fraction of sp³-hybridized carbons (Fsp3) is 1.00. The van der Waals surface area contributed by atoms with Crippen LogP contribution >= 0.6 is 0 Å². The van der Waals surface area contributed by atoms with E-state index < -0.39 is 0 Å². The second kappa shape index (κ2) is 2.30. The first-order valence-electron chi connectivity index (χ1n) is 3.97. The molecule has 0 amide bonds. The molecule has 1 heteroatoms. The van der Waals surface area contributed by atoms with Gasteiger partial charge in [0.05, 0.1) is 0 Å². The molecule has 1 rings (SSSR count). The van der Waals surface area contributed by atoms with Crippen LogP contribution in [0.3, 0.4) is 0 Å². The summed E-state index contributed by atoms with van der Waals surface area (Å²) < 4.78 is 0. The predicted molar refractivity (Wildman–Crippen MR) is 40.2 cm³/mol. The summed E-state index contributed by atoms with van der Waals surface area (Å²) in [7, 11) is 0. The Morgan fingerprint density at radius 2 is 2.11 bits per heavy atom. The van der Waals surface area contributed by atoms with Gasteiger partial charge in [0, 0.05) is 6.04 Å². The average molecular weight is 127 g/mol. The molecule has 9 heavy (non-hydrogen) atoms. The van der Waals surface area contributed by atoms with Crippen molar-refractivity contribution in [2.45, 2.75) is 45.6 Å². The molecule has 1 atom stereocenters. The highest BCUT2D eigenvalue weighted by Gasteiger charge is 2.38. The molecule has 0 heterocycles. The molecule has 0 radical (unpaired) electrons. The first kappa shape index (κ1) is 7.07. The van der Waals surface area contributed by atoms with Crippen LogP contribution in [0.1, 0.15) is 39.5 Å². The zero-order valence-corrected chi connectivity index (χ0v) is 6.48. The van der Waals surface area contributed by atoms with Gasteiger partial charge in [-0.05, 0) is 31.6 Å². The lowest BCUT2D eigenvalue weighted by Gasteiger charge is -2.44. The van der Waals surface area contributed by atoms with Crippen LogP contribution in [0.2, 0.25) is 0 Å². The van der Waals surface area contributed by atoms with Crippen molar-refractivity contribution in [1.29, 1.82) is 0 Å². The van der Waals surface area contributed by atoms with Crippen molar-refractivity contribution < 1.29 is 0 Å². The topological polar surface area (TPSA) is 26.0 Å². The average Bonchev–Trinajstić information content (AvgIpc) is 1.62. The molecule has 0 unspecified atom stereocenters. The van der Waals surface area contributed by atoms with E-state index in [2.05, 4.69) is 13.8 Å². The number of nitrogens with two attached hydrogens (primary N) is 1. The zero-order valence-electron chi connectivity index (χ0n) is 6.48.